The van der Waals surface area contributed by atoms with E-state index in [0.29, 0.717) is 15.7 Å². The van der Waals surface area contributed by atoms with Crippen LogP contribution in [-0.2, 0) is 17.1 Å². The maximum atomic E-state index is 12.5. The van der Waals surface area contributed by atoms with Crippen molar-refractivity contribution >= 4 is 54.3 Å². The standard InChI is InChI=1S/C13H10BrClN4O2S/c1-19-12-6-5-8(7-11(12)16-18-19)17-22(20,21)13-9(14)3-2-4-10(13)15/h2-7,17H,1H3. The zero-order chi connectivity index (χ0) is 15.9. The maximum absolute atomic E-state index is 12.5. The first-order valence-electron chi connectivity index (χ1n) is 6.15. The molecule has 0 bridgehead atoms. The molecule has 0 amide bonds. The molecule has 1 heterocycles. The minimum Gasteiger partial charge on any atom is -0.279 e. The van der Waals surface area contributed by atoms with Crippen molar-refractivity contribution in [1.82, 2.24) is 15.0 Å². The molecule has 0 unspecified atom stereocenters. The predicted octanol–water partition coefficient (Wildman–Crippen LogP) is 3.19. The van der Waals surface area contributed by atoms with E-state index in [1.165, 1.54) is 6.07 Å². The molecule has 22 heavy (non-hydrogen) atoms. The average molecular weight is 402 g/mol. The topological polar surface area (TPSA) is 76.9 Å². The van der Waals surface area contributed by atoms with Crippen LogP contribution in [0.4, 0.5) is 5.69 Å². The number of anilines is 1. The first-order valence-corrected chi connectivity index (χ1v) is 8.80. The van der Waals surface area contributed by atoms with Crippen molar-refractivity contribution in [1.29, 1.82) is 0 Å². The third-order valence-corrected chi connectivity index (χ3v) is 5.88. The molecule has 0 aliphatic carbocycles. The Morgan fingerprint density at radius 1 is 1.27 bits per heavy atom. The number of benzene rings is 2. The second-order valence-electron chi connectivity index (χ2n) is 4.57. The lowest BCUT2D eigenvalue weighted by molar-refractivity contribution is 0.601. The second-order valence-corrected chi connectivity index (χ2v) is 7.45. The number of hydrogen-bond acceptors (Lipinski definition) is 4. The molecule has 0 saturated heterocycles. The molecule has 0 saturated carbocycles. The third-order valence-electron chi connectivity index (χ3n) is 3.05. The van der Waals surface area contributed by atoms with Crippen molar-refractivity contribution < 1.29 is 8.42 Å². The van der Waals surface area contributed by atoms with Gasteiger partial charge in [0.1, 0.15) is 10.4 Å². The van der Waals surface area contributed by atoms with Gasteiger partial charge in [-0.3, -0.25) is 4.72 Å². The van der Waals surface area contributed by atoms with Gasteiger partial charge in [-0.1, -0.05) is 22.9 Å². The van der Waals surface area contributed by atoms with Crippen LogP contribution >= 0.6 is 27.5 Å². The molecule has 2 aromatic carbocycles. The van der Waals surface area contributed by atoms with E-state index in [4.69, 9.17) is 11.6 Å². The summed E-state index contributed by atoms with van der Waals surface area (Å²) in [4.78, 5) is -0.00379. The molecule has 114 valence electrons. The average Bonchev–Trinajstić information content (AvgIpc) is 2.79. The van der Waals surface area contributed by atoms with Gasteiger partial charge in [0.25, 0.3) is 10.0 Å². The van der Waals surface area contributed by atoms with Crippen molar-refractivity contribution in [3.63, 3.8) is 0 Å². The minimum absolute atomic E-state index is 0.00379. The van der Waals surface area contributed by atoms with Gasteiger partial charge in [-0.25, -0.2) is 13.1 Å². The van der Waals surface area contributed by atoms with Gasteiger partial charge >= 0.3 is 0 Å². The van der Waals surface area contributed by atoms with Gasteiger partial charge < -0.3 is 0 Å². The van der Waals surface area contributed by atoms with Crippen LogP contribution in [0, 0.1) is 0 Å². The van der Waals surface area contributed by atoms with Gasteiger partial charge in [0.05, 0.1) is 16.2 Å². The summed E-state index contributed by atoms with van der Waals surface area (Å²) >= 11 is 9.21. The van der Waals surface area contributed by atoms with Crippen LogP contribution in [0.3, 0.4) is 0 Å². The summed E-state index contributed by atoms with van der Waals surface area (Å²) in [5, 5.41) is 7.98. The number of hydrogen-bond donors (Lipinski definition) is 1. The normalized spacial score (nSPS) is 11.8. The van der Waals surface area contributed by atoms with Gasteiger partial charge in [-0.05, 0) is 46.3 Å². The summed E-state index contributed by atoms with van der Waals surface area (Å²) in [6.07, 6.45) is 0. The summed E-state index contributed by atoms with van der Waals surface area (Å²) < 4.78 is 29.5. The van der Waals surface area contributed by atoms with E-state index < -0.39 is 10.0 Å². The lowest BCUT2D eigenvalue weighted by atomic mass is 10.3. The van der Waals surface area contributed by atoms with E-state index in [9.17, 15) is 8.42 Å². The fraction of sp³-hybridized carbons (Fsp3) is 0.0769. The SMILES string of the molecule is Cn1nnc2cc(NS(=O)(=O)c3c(Cl)cccc3Br)ccc21. The zero-order valence-electron chi connectivity index (χ0n) is 11.3. The van der Waals surface area contributed by atoms with Crippen molar-refractivity contribution in [2.45, 2.75) is 4.90 Å². The van der Waals surface area contributed by atoms with E-state index in [0.717, 1.165) is 5.52 Å². The molecular formula is C13H10BrClN4O2S. The summed E-state index contributed by atoms with van der Waals surface area (Å²) in [6, 6.07) is 9.81. The Hall–Kier alpha value is -1.64. The summed E-state index contributed by atoms with van der Waals surface area (Å²) in [5.74, 6) is 0. The van der Waals surface area contributed by atoms with Crippen LogP contribution in [0.2, 0.25) is 5.02 Å². The smallest absolute Gasteiger partial charge is 0.264 e. The number of fused-ring (bicyclic) bond motifs is 1. The Labute approximate surface area is 140 Å². The molecule has 0 atom stereocenters. The lowest BCUT2D eigenvalue weighted by Gasteiger charge is -2.11. The van der Waals surface area contributed by atoms with Crippen molar-refractivity contribution in [2.75, 3.05) is 4.72 Å². The highest BCUT2D eigenvalue weighted by atomic mass is 79.9. The van der Waals surface area contributed by atoms with Crippen LogP contribution < -0.4 is 4.72 Å². The molecular weight excluding hydrogens is 392 g/mol. The van der Waals surface area contributed by atoms with Gasteiger partial charge in [-0.2, -0.15) is 0 Å². The highest BCUT2D eigenvalue weighted by molar-refractivity contribution is 9.10. The quantitative estimate of drug-likeness (QED) is 0.731. The molecule has 0 radical (unpaired) electrons. The molecule has 9 heteroatoms. The number of nitrogens with zero attached hydrogens (tertiary/aromatic N) is 3. The Kier molecular flexibility index (Phi) is 3.84. The molecule has 0 spiro atoms. The van der Waals surface area contributed by atoms with Gasteiger partial charge in [0.15, 0.2) is 0 Å². The van der Waals surface area contributed by atoms with Gasteiger partial charge in [0, 0.05) is 11.5 Å². The summed E-state index contributed by atoms with van der Waals surface area (Å²) in [6.45, 7) is 0. The van der Waals surface area contributed by atoms with E-state index >= 15 is 0 Å². The van der Waals surface area contributed by atoms with Crippen LogP contribution in [0.25, 0.3) is 11.0 Å². The second kappa shape index (κ2) is 5.53. The minimum atomic E-state index is -3.82. The zero-order valence-corrected chi connectivity index (χ0v) is 14.4. The van der Waals surface area contributed by atoms with E-state index in [2.05, 4.69) is 31.0 Å². The fourth-order valence-electron chi connectivity index (χ4n) is 2.05. The number of nitrogens with one attached hydrogen (secondary N) is 1. The van der Waals surface area contributed by atoms with Crippen LogP contribution in [0.15, 0.2) is 45.8 Å². The van der Waals surface area contributed by atoms with E-state index in [1.54, 1.807) is 42.1 Å². The Morgan fingerprint density at radius 3 is 2.77 bits per heavy atom. The number of halogens is 2. The third kappa shape index (κ3) is 2.69. The van der Waals surface area contributed by atoms with E-state index in [-0.39, 0.29) is 9.92 Å². The molecule has 0 aliphatic rings. The van der Waals surface area contributed by atoms with E-state index in [1.807, 2.05) is 0 Å². The Bertz CT molecular complexity index is 951. The van der Waals surface area contributed by atoms with Crippen LogP contribution in [0.1, 0.15) is 0 Å². The molecule has 6 nitrogen and oxygen atoms in total. The highest BCUT2D eigenvalue weighted by Crippen LogP contribution is 2.31. The highest BCUT2D eigenvalue weighted by Gasteiger charge is 2.21. The molecule has 0 aliphatic heterocycles. The fourth-order valence-corrected chi connectivity index (χ4v) is 4.84. The largest absolute Gasteiger partial charge is 0.279 e. The number of sulfonamides is 1. The number of aryl methyl sites for hydroxylation is 1. The summed E-state index contributed by atoms with van der Waals surface area (Å²) in [5.41, 5.74) is 1.79. The van der Waals surface area contributed by atoms with Crippen molar-refractivity contribution in [2.24, 2.45) is 7.05 Å². The predicted molar refractivity (Wildman–Crippen MR) is 88.5 cm³/mol. The van der Waals surface area contributed by atoms with Crippen LogP contribution in [-0.4, -0.2) is 23.4 Å². The molecule has 0 fully saturated rings. The maximum Gasteiger partial charge on any atom is 0.264 e. The first kappa shape index (κ1) is 15.3. The first-order chi connectivity index (χ1) is 10.4. The van der Waals surface area contributed by atoms with Gasteiger partial charge in [0.2, 0.25) is 0 Å². The number of aromatic nitrogens is 3. The van der Waals surface area contributed by atoms with Crippen LogP contribution in [0.5, 0.6) is 0 Å². The van der Waals surface area contributed by atoms with Gasteiger partial charge in [-0.15, -0.1) is 5.10 Å². The molecule has 1 aromatic heterocycles. The summed E-state index contributed by atoms with van der Waals surface area (Å²) in [7, 11) is -2.06. The molecule has 1 N–H and O–H groups in total. The Balaban J connectivity index is 2.03. The van der Waals surface area contributed by atoms with Crippen molar-refractivity contribution in [3.8, 4) is 0 Å². The number of rotatable bonds is 3. The van der Waals surface area contributed by atoms with Crippen molar-refractivity contribution in [3.05, 3.63) is 45.9 Å². The molecule has 3 rings (SSSR count). The lowest BCUT2D eigenvalue weighted by Crippen LogP contribution is -2.14. The molecule has 3 aromatic rings. The Morgan fingerprint density at radius 2 is 2.05 bits per heavy atom. The monoisotopic (exact) mass is 400 g/mol.